The van der Waals surface area contributed by atoms with E-state index >= 15 is 0 Å². The van der Waals surface area contributed by atoms with E-state index in [0.717, 1.165) is 17.1 Å². The molecular weight excluding hydrogens is 400 g/mol. The van der Waals surface area contributed by atoms with Crippen molar-refractivity contribution in [1.29, 1.82) is 5.26 Å². The summed E-state index contributed by atoms with van der Waals surface area (Å²) in [6.45, 7) is 4.54. The summed E-state index contributed by atoms with van der Waals surface area (Å²) < 4.78 is 29.2. The number of aryl methyl sites for hydroxylation is 1. The molecule has 1 aliphatic heterocycles. The van der Waals surface area contributed by atoms with Crippen molar-refractivity contribution >= 4 is 23.2 Å². The van der Waals surface area contributed by atoms with E-state index in [-0.39, 0.29) is 5.91 Å². The van der Waals surface area contributed by atoms with Crippen molar-refractivity contribution in [3.8, 4) is 6.07 Å². The normalized spacial score (nSPS) is 15.4. The van der Waals surface area contributed by atoms with Gasteiger partial charge in [-0.3, -0.25) is 4.79 Å². The summed E-state index contributed by atoms with van der Waals surface area (Å²) in [5.41, 5.74) is 2.75. The van der Waals surface area contributed by atoms with E-state index in [0.29, 0.717) is 42.6 Å². The topological polar surface area (TPSA) is 74.3 Å². The smallest absolute Gasteiger partial charge is 0.269 e. The van der Waals surface area contributed by atoms with Gasteiger partial charge in [-0.05, 0) is 48.7 Å². The Hall–Kier alpha value is -3.86. The van der Waals surface area contributed by atoms with Gasteiger partial charge >= 0.3 is 0 Å². The predicted octanol–water partition coefficient (Wildman–Crippen LogP) is 4.48. The number of nitriles is 1. The highest BCUT2D eigenvalue weighted by atomic mass is 19.1. The third-order valence-electron chi connectivity index (χ3n) is 5.23. The van der Waals surface area contributed by atoms with Crippen LogP contribution < -0.4 is 0 Å². The first kappa shape index (κ1) is 20.4. The van der Waals surface area contributed by atoms with E-state index in [1.165, 1.54) is 17.1 Å². The van der Waals surface area contributed by atoms with Crippen LogP contribution in [-0.4, -0.2) is 26.7 Å². The van der Waals surface area contributed by atoms with Crippen molar-refractivity contribution < 1.29 is 13.6 Å². The van der Waals surface area contributed by atoms with Gasteiger partial charge in [0, 0.05) is 37.0 Å². The van der Waals surface area contributed by atoms with Gasteiger partial charge in [0.1, 0.15) is 23.4 Å². The highest BCUT2D eigenvalue weighted by Gasteiger charge is 2.30. The zero-order valence-electron chi connectivity index (χ0n) is 16.6. The summed E-state index contributed by atoms with van der Waals surface area (Å²) in [7, 11) is 0. The lowest BCUT2D eigenvalue weighted by Crippen LogP contribution is -2.28. The number of hydrogen-bond donors (Lipinski definition) is 0. The maximum atomic E-state index is 13.6. The van der Waals surface area contributed by atoms with E-state index in [2.05, 4.69) is 16.7 Å². The molecule has 1 aromatic carbocycles. The molecule has 0 spiro atoms. The number of nitrogens with zero attached hydrogens (tertiary/aromatic N) is 5. The summed E-state index contributed by atoms with van der Waals surface area (Å²) in [6, 6.07) is 10.1. The Morgan fingerprint density at radius 3 is 2.74 bits per heavy atom. The zero-order chi connectivity index (χ0) is 22.0. The standard InChI is InChI=1S/C23H19F2N5O/c1-15(3-2-9-29-10-7-20-22(29)5-4-19(14-26)28-20)23(31)30-21(6-8-27-30)16-11-17(24)13-18(25)12-16/h4-5,7-8,10-13,21H,1-3,6,9H2. The van der Waals surface area contributed by atoms with Gasteiger partial charge in [0.2, 0.25) is 0 Å². The number of carbonyl (C=O) groups is 1. The lowest BCUT2D eigenvalue weighted by atomic mass is 10.0. The molecule has 0 aliphatic carbocycles. The van der Waals surface area contributed by atoms with Gasteiger partial charge in [-0.2, -0.15) is 10.4 Å². The number of pyridine rings is 1. The van der Waals surface area contributed by atoms with Crippen molar-refractivity contribution in [2.75, 3.05) is 0 Å². The number of fused-ring (bicyclic) bond motifs is 1. The zero-order valence-corrected chi connectivity index (χ0v) is 16.6. The van der Waals surface area contributed by atoms with Crippen molar-refractivity contribution in [2.45, 2.75) is 31.8 Å². The number of hydrazone groups is 1. The number of rotatable bonds is 6. The first-order valence-corrected chi connectivity index (χ1v) is 9.82. The summed E-state index contributed by atoms with van der Waals surface area (Å²) >= 11 is 0. The lowest BCUT2D eigenvalue weighted by Gasteiger charge is -2.23. The highest BCUT2D eigenvalue weighted by Crippen LogP contribution is 2.31. The highest BCUT2D eigenvalue weighted by molar-refractivity contribution is 5.94. The molecular formula is C23H19F2N5O. The molecule has 1 atom stereocenters. The number of hydrogen-bond acceptors (Lipinski definition) is 4. The third kappa shape index (κ3) is 4.21. The Kier molecular flexibility index (Phi) is 5.58. The van der Waals surface area contributed by atoms with Crippen LogP contribution >= 0.6 is 0 Å². The molecule has 1 unspecified atom stereocenters. The molecule has 4 rings (SSSR count). The van der Waals surface area contributed by atoms with Crippen LogP contribution in [0.4, 0.5) is 8.78 Å². The van der Waals surface area contributed by atoms with E-state index in [9.17, 15) is 13.6 Å². The van der Waals surface area contributed by atoms with Crippen molar-refractivity contribution in [1.82, 2.24) is 14.6 Å². The second-order valence-electron chi connectivity index (χ2n) is 7.33. The molecule has 0 N–H and O–H groups in total. The molecule has 31 heavy (non-hydrogen) atoms. The molecule has 3 aromatic rings. The largest absolute Gasteiger partial charge is 0.346 e. The summed E-state index contributed by atoms with van der Waals surface area (Å²) in [4.78, 5) is 17.1. The van der Waals surface area contributed by atoms with E-state index in [1.54, 1.807) is 12.3 Å². The molecule has 2 aromatic heterocycles. The van der Waals surface area contributed by atoms with Crippen LogP contribution in [0.3, 0.4) is 0 Å². The number of carbonyl (C=O) groups excluding carboxylic acids is 1. The minimum absolute atomic E-state index is 0.360. The summed E-state index contributed by atoms with van der Waals surface area (Å²) in [5.74, 6) is -1.74. The van der Waals surface area contributed by atoms with Gasteiger partial charge < -0.3 is 4.57 Å². The molecule has 1 amide bonds. The van der Waals surface area contributed by atoms with Crippen LogP contribution in [-0.2, 0) is 11.3 Å². The SMILES string of the molecule is C=C(CCCn1ccc2nc(C#N)ccc21)C(=O)N1N=CCC1c1cc(F)cc(F)c1. The molecule has 3 heterocycles. The minimum Gasteiger partial charge on any atom is -0.346 e. The fourth-order valence-electron chi connectivity index (χ4n) is 3.72. The first-order chi connectivity index (χ1) is 15.0. The Balaban J connectivity index is 1.39. The van der Waals surface area contributed by atoms with Crippen LogP contribution in [0.1, 0.15) is 36.6 Å². The Morgan fingerprint density at radius 2 is 2.00 bits per heavy atom. The molecule has 0 bridgehead atoms. The number of halogens is 2. The maximum absolute atomic E-state index is 13.6. The van der Waals surface area contributed by atoms with Gasteiger partial charge in [0.15, 0.2) is 0 Å². The average molecular weight is 419 g/mol. The van der Waals surface area contributed by atoms with Crippen LogP contribution in [0, 0.1) is 23.0 Å². The van der Waals surface area contributed by atoms with Crippen molar-refractivity contribution in [3.05, 3.63) is 77.6 Å². The first-order valence-electron chi connectivity index (χ1n) is 9.82. The maximum Gasteiger partial charge on any atom is 0.269 e. The fourth-order valence-corrected chi connectivity index (χ4v) is 3.72. The Labute approximate surface area is 177 Å². The molecule has 6 nitrogen and oxygen atoms in total. The Bertz CT molecular complexity index is 1220. The Morgan fingerprint density at radius 1 is 1.23 bits per heavy atom. The van der Waals surface area contributed by atoms with Gasteiger partial charge in [-0.15, -0.1) is 0 Å². The second-order valence-corrected chi connectivity index (χ2v) is 7.33. The number of benzene rings is 1. The summed E-state index contributed by atoms with van der Waals surface area (Å²) in [5, 5.41) is 14.3. The second kappa shape index (κ2) is 8.48. The number of aromatic nitrogens is 2. The minimum atomic E-state index is -0.691. The van der Waals surface area contributed by atoms with Crippen molar-refractivity contribution in [3.63, 3.8) is 0 Å². The van der Waals surface area contributed by atoms with E-state index in [1.807, 2.05) is 29.0 Å². The molecule has 0 radical (unpaired) electrons. The predicted molar refractivity (Wildman–Crippen MR) is 112 cm³/mol. The molecule has 1 aliphatic rings. The molecule has 8 heteroatoms. The van der Waals surface area contributed by atoms with E-state index in [4.69, 9.17) is 5.26 Å². The van der Waals surface area contributed by atoms with Crippen LogP contribution in [0.25, 0.3) is 11.0 Å². The van der Waals surface area contributed by atoms with Gasteiger partial charge in [-0.25, -0.2) is 18.8 Å². The van der Waals surface area contributed by atoms with Crippen LogP contribution in [0.15, 0.2) is 59.8 Å². The van der Waals surface area contributed by atoms with E-state index < -0.39 is 17.7 Å². The number of amides is 1. The third-order valence-corrected chi connectivity index (χ3v) is 5.23. The van der Waals surface area contributed by atoms with Crippen LogP contribution in [0.5, 0.6) is 0 Å². The van der Waals surface area contributed by atoms with Crippen LogP contribution in [0.2, 0.25) is 0 Å². The molecule has 156 valence electrons. The lowest BCUT2D eigenvalue weighted by molar-refractivity contribution is -0.129. The quantitative estimate of drug-likeness (QED) is 0.553. The monoisotopic (exact) mass is 419 g/mol. The van der Waals surface area contributed by atoms with Crippen molar-refractivity contribution in [2.24, 2.45) is 5.10 Å². The van der Waals surface area contributed by atoms with Gasteiger partial charge in [0.25, 0.3) is 5.91 Å². The fraction of sp³-hybridized carbons (Fsp3) is 0.217. The summed E-state index contributed by atoms with van der Waals surface area (Å²) in [6.07, 6.45) is 4.94. The molecule has 0 fully saturated rings. The van der Waals surface area contributed by atoms with Gasteiger partial charge in [0.05, 0.1) is 17.1 Å². The molecule has 0 saturated heterocycles. The molecule has 0 saturated carbocycles. The van der Waals surface area contributed by atoms with Gasteiger partial charge in [-0.1, -0.05) is 6.58 Å². The average Bonchev–Trinajstić information content (AvgIpc) is 3.39.